The molecular formula is C58H36N2O2. The van der Waals surface area contributed by atoms with Crippen molar-refractivity contribution in [1.82, 2.24) is 4.57 Å². The quantitative estimate of drug-likeness (QED) is 0.168. The van der Waals surface area contributed by atoms with Crippen LogP contribution < -0.4 is 4.90 Å². The Kier molecular flexibility index (Phi) is 7.57. The van der Waals surface area contributed by atoms with Crippen molar-refractivity contribution in [3.63, 3.8) is 0 Å². The summed E-state index contributed by atoms with van der Waals surface area (Å²) in [7, 11) is 0. The molecule has 290 valence electrons. The van der Waals surface area contributed by atoms with Gasteiger partial charge in [0, 0.05) is 49.1 Å². The van der Waals surface area contributed by atoms with Crippen LogP contribution in [0.4, 0.5) is 17.1 Å². The first-order chi connectivity index (χ1) is 30.8. The van der Waals surface area contributed by atoms with E-state index in [1.165, 1.54) is 27.2 Å². The SMILES string of the molecule is c1ccc(-n2c3ccccc3c3ccccc32)c(N(c2ccc(-c3cccc4oc5ccccc5c34)cc2)c2ccc(-c3cccc4oc5c6ccccc6ccc5c34)cc2)c1. The van der Waals surface area contributed by atoms with Gasteiger partial charge >= 0.3 is 0 Å². The summed E-state index contributed by atoms with van der Waals surface area (Å²) in [5.74, 6) is 0. The van der Waals surface area contributed by atoms with Crippen LogP contribution in [-0.2, 0) is 0 Å². The van der Waals surface area contributed by atoms with Gasteiger partial charge in [-0.15, -0.1) is 0 Å². The average molecular weight is 793 g/mol. The van der Waals surface area contributed by atoms with E-state index in [0.717, 1.165) is 94.3 Å². The molecule has 0 fully saturated rings. The van der Waals surface area contributed by atoms with Crippen molar-refractivity contribution in [1.29, 1.82) is 0 Å². The van der Waals surface area contributed by atoms with Gasteiger partial charge in [-0.2, -0.15) is 0 Å². The predicted molar refractivity (Wildman–Crippen MR) is 258 cm³/mol. The number of anilines is 3. The van der Waals surface area contributed by atoms with Crippen molar-refractivity contribution < 1.29 is 8.83 Å². The minimum absolute atomic E-state index is 0.888. The van der Waals surface area contributed by atoms with Crippen LogP contribution in [0.5, 0.6) is 0 Å². The Morgan fingerprint density at radius 3 is 1.53 bits per heavy atom. The van der Waals surface area contributed by atoms with Gasteiger partial charge in [0.25, 0.3) is 0 Å². The van der Waals surface area contributed by atoms with Crippen molar-refractivity contribution >= 4 is 93.5 Å². The maximum absolute atomic E-state index is 6.58. The third kappa shape index (κ3) is 5.20. The highest BCUT2D eigenvalue weighted by Crippen LogP contribution is 2.45. The zero-order chi connectivity index (χ0) is 40.7. The number of nitrogens with zero attached hydrogens (tertiary/aromatic N) is 2. The summed E-state index contributed by atoms with van der Waals surface area (Å²) < 4.78 is 15.3. The van der Waals surface area contributed by atoms with E-state index >= 15 is 0 Å². The Labute approximate surface area is 356 Å². The molecule has 62 heavy (non-hydrogen) atoms. The van der Waals surface area contributed by atoms with Crippen molar-refractivity contribution in [2.24, 2.45) is 0 Å². The van der Waals surface area contributed by atoms with Crippen molar-refractivity contribution in [3.05, 3.63) is 218 Å². The topological polar surface area (TPSA) is 34.5 Å². The van der Waals surface area contributed by atoms with Crippen LogP contribution in [0.3, 0.4) is 0 Å². The lowest BCUT2D eigenvalue weighted by Gasteiger charge is -2.28. The minimum atomic E-state index is 0.888. The highest BCUT2D eigenvalue weighted by atomic mass is 16.3. The molecule has 0 amide bonds. The molecule has 13 rings (SSSR count). The molecule has 3 aromatic heterocycles. The van der Waals surface area contributed by atoms with E-state index in [4.69, 9.17) is 8.83 Å². The Hall–Kier alpha value is -8.34. The van der Waals surface area contributed by atoms with Crippen molar-refractivity contribution in [2.75, 3.05) is 4.90 Å². The smallest absolute Gasteiger partial charge is 0.143 e. The number of rotatable bonds is 6. The first-order valence-corrected chi connectivity index (χ1v) is 21.1. The molecule has 0 aliphatic heterocycles. The summed E-state index contributed by atoms with van der Waals surface area (Å²) in [6.07, 6.45) is 0. The molecule has 13 aromatic rings. The summed E-state index contributed by atoms with van der Waals surface area (Å²) in [5.41, 5.74) is 14.7. The molecule has 3 heterocycles. The molecule has 10 aromatic carbocycles. The molecule has 0 aliphatic carbocycles. The number of hydrogen-bond acceptors (Lipinski definition) is 3. The molecule has 0 atom stereocenters. The van der Waals surface area contributed by atoms with Crippen LogP contribution in [0, 0.1) is 0 Å². The number of benzene rings is 10. The van der Waals surface area contributed by atoms with Crippen LogP contribution in [0.2, 0.25) is 0 Å². The van der Waals surface area contributed by atoms with E-state index in [1.54, 1.807) is 0 Å². The zero-order valence-corrected chi connectivity index (χ0v) is 33.5. The normalized spacial score (nSPS) is 11.9. The van der Waals surface area contributed by atoms with Crippen LogP contribution >= 0.6 is 0 Å². The minimum Gasteiger partial charge on any atom is -0.456 e. The predicted octanol–water partition coefficient (Wildman–Crippen LogP) is 16.5. The maximum atomic E-state index is 6.58. The van der Waals surface area contributed by atoms with Gasteiger partial charge in [0.15, 0.2) is 0 Å². The second-order valence-electron chi connectivity index (χ2n) is 16.0. The van der Waals surface area contributed by atoms with Gasteiger partial charge in [0.2, 0.25) is 0 Å². The monoisotopic (exact) mass is 792 g/mol. The summed E-state index contributed by atoms with van der Waals surface area (Å²) >= 11 is 0. The van der Waals surface area contributed by atoms with Gasteiger partial charge in [0.05, 0.1) is 22.4 Å². The van der Waals surface area contributed by atoms with Crippen LogP contribution in [0.25, 0.3) is 104 Å². The van der Waals surface area contributed by atoms with Crippen molar-refractivity contribution in [3.8, 4) is 27.9 Å². The first kappa shape index (κ1) is 34.5. The summed E-state index contributed by atoms with van der Waals surface area (Å²) in [6.45, 7) is 0. The number of para-hydroxylation sites is 5. The average Bonchev–Trinajstić information content (AvgIpc) is 4.02. The standard InChI is InChI=1S/C58H36N2O2/c1-2-14-44-37(13-1)31-36-48-57-43(19-12-26-55(57)62-58(44)48)39-29-34-41(35-30-39)59(40-32-27-38(28-33-40)42-18-11-25-54-56(42)47-17-5-10-24-53(47)61-54)51-22-8-9-23-52(51)60-49-20-6-3-15-45(49)46-16-4-7-21-50(46)60/h1-36H. The third-order valence-corrected chi connectivity index (χ3v) is 12.6. The van der Waals surface area contributed by atoms with Crippen molar-refractivity contribution in [2.45, 2.75) is 0 Å². The molecule has 0 unspecified atom stereocenters. The summed E-state index contributed by atoms with van der Waals surface area (Å²) in [5, 5.41) is 9.27. The fourth-order valence-electron chi connectivity index (χ4n) is 9.84. The van der Waals surface area contributed by atoms with E-state index in [0.29, 0.717) is 0 Å². The molecule has 0 aliphatic rings. The molecule has 0 saturated heterocycles. The van der Waals surface area contributed by atoms with E-state index in [2.05, 4.69) is 216 Å². The second-order valence-corrected chi connectivity index (χ2v) is 16.0. The lowest BCUT2D eigenvalue weighted by molar-refractivity contribution is 0.669. The van der Waals surface area contributed by atoms with Crippen LogP contribution in [0.15, 0.2) is 227 Å². The summed E-state index contributed by atoms with van der Waals surface area (Å²) in [6, 6.07) is 78.0. The molecule has 0 spiro atoms. The van der Waals surface area contributed by atoms with E-state index in [9.17, 15) is 0 Å². The molecule has 0 saturated carbocycles. The highest BCUT2D eigenvalue weighted by Gasteiger charge is 2.22. The largest absolute Gasteiger partial charge is 0.456 e. The highest BCUT2D eigenvalue weighted by molar-refractivity contribution is 6.19. The fourth-order valence-corrected chi connectivity index (χ4v) is 9.84. The Morgan fingerprint density at radius 1 is 0.339 bits per heavy atom. The van der Waals surface area contributed by atoms with E-state index in [-0.39, 0.29) is 0 Å². The number of aromatic nitrogens is 1. The fraction of sp³-hybridized carbons (Fsp3) is 0. The molecule has 0 bridgehead atoms. The number of furan rings is 2. The molecule has 0 radical (unpaired) electrons. The maximum Gasteiger partial charge on any atom is 0.143 e. The lowest BCUT2D eigenvalue weighted by Crippen LogP contribution is -2.13. The molecule has 4 heteroatoms. The van der Waals surface area contributed by atoms with Gasteiger partial charge < -0.3 is 18.3 Å². The van der Waals surface area contributed by atoms with Gasteiger partial charge in [-0.3, -0.25) is 0 Å². The summed E-state index contributed by atoms with van der Waals surface area (Å²) in [4.78, 5) is 2.39. The van der Waals surface area contributed by atoms with Gasteiger partial charge in [-0.05, 0) is 100 Å². The number of fused-ring (bicyclic) bond motifs is 11. The second kappa shape index (κ2) is 13.6. The zero-order valence-electron chi connectivity index (χ0n) is 33.5. The van der Waals surface area contributed by atoms with Crippen LogP contribution in [0.1, 0.15) is 0 Å². The number of hydrogen-bond donors (Lipinski definition) is 0. The van der Waals surface area contributed by atoms with Gasteiger partial charge in [-0.25, -0.2) is 0 Å². The van der Waals surface area contributed by atoms with E-state index < -0.39 is 0 Å². The third-order valence-electron chi connectivity index (χ3n) is 12.6. The van der Waals surface area contributed by atoms with Gasteiger partial charge in [0.1, 0.15) is 22.3 Å². The Morgan fingerprint density at radius 2 is 0.855 bits per heavy atom. The molecule has 4 nitrogen and oxygen atoms in total. The van der Waals surface area contributed by atoms with Crippen LogP contribution in [-0.4, -0.2) is 4.57 Å². The Balaban J connectivity index is 0.990. The Bertz CT molecular complexity index is 3810. The van der Waals surface area contributed by atoms with Gasteiger partial charge in [-0.1, -0.05) is 146 Å². The lowest BCUT2D eigenvalue weighted by atomic mass is 9.97. The molecule has 0 N–H and O–H groups in total. The first-order valence-electron chi connectivity index (χ1n) is 21.1. The molecular weight excluding hydrogens is 757 g/mol. The van der Waals surface area contributed by atoms with E-state index in [1.807, 2.05) is 12.1 Å².